The van der Waals surface area contributed by atoms with Crippen LogP contribution in [0.5, 0.6) is 0 Å². The highest BCUT2D eigenvalue weighted by Gasteiger charge is 2.35. The van der Waals surface area contributed by atoms with Crippen LogP contribution in [-0.2, 0) is 16.0 Å². The molecule has 1 aliphatic carbocycles. The second-order valence-electron chi connectivity index (χ2n) is 7.11. The van der Waals surface area contributed by atoms with Crippen LogP contribution in [0.1, 0.15) is 45.1 Å². The average molecular weight is 329 g/mol. The third kappa shape index (κ3) is 3.46. The van der Waals surface area contributed by atoms with Crippen LogP contribution in [0.3, 0.4) is 0 Å². The Balaban J connectivity index is 1.78. The molecule has 1 aromatic carbocycles. The van der Waals surface area contributed by atoms with Crippen molar-refractivity contribution in [1.82, 2.24) is 0 Å². The lowest BCUT2D eigenvalue weighted by Gasteiger charge is -2.30. The first-order chi connectivity index (χ1) is 11.5. The molecule has 1 heterocycles. The van der Waals surface area contributed by atoms with E-state index in [2.05, 4.69) is 5.32 Å². The number of nitrogens with two attached hydrogens (primary N) is 1. The Morgan fingerprint density at radius 2 is 2.12 bits per heavy atom. The van der Waals surface area contributed by atoms with Crippen molar-refractivity contribution in [2.45, 2.75) is 52.0 Å². The van der Waals surface area contributed by atoms with Crippen molar-refractivity contribution in [2.75, 3.05) is 16.8 Å². The highest BCUT2D eigenvalue weighted by atomic mass is 16.2. The van der Waals surface area contributed by atoms with E-state index >= 15 is 0 Å². The third-order valence-corrected chi connectivity index (χ3v) is 5.22. The lowest BCUT2D eigenvalue weighted by Crippen LogP contribution is -2.40. The fourth-order valence-corrected chi connectivity index (χ4v) is 3.17. The van der Waals surface area contributed by atoms with Crippen molar-refractivity contribution < 1.29 is 9.59 Å². The highest BCUT2D eigenvalue weighted by molar-refractivity contribution is 5.99. The molecular formula is C19H27N3O2. The molecule has 5 nitrogen and oxygen atoms in total. The number of carbonyl (C=O) groups is 2. The molecular weight excluding hydrogens is 302 g/mol. The molecule has 0 bridgehead atoms. The molecule has 24 heavy (non-hydrogen) atoms. The Labute approximate surface area is 143 Å². The molecule has 1 aromatic rings. The molecule has 5 heteroatoms. The standard InChI is InChI=1S/C19H27N3O2/c1-3-12(2)17(20)18(23)21-15-9-8-13-5-4-10-22(16(13)11-15)19(24)14-6-7-14/h8-9,11-12,14,17H,3-7,10,20H2,1-2H3,(H,21,23)/t12?,17-/m0/s1. The summed E-state index contributed by atoms with van der Waals surface area (Å²) in [6.07, 6.45) is 4.85. The number of fused-ring (bicyclic) bond motifs is 1. The van der Waals surface area contributed by atoms with E-state index in [-0.39, 0.29) is 23.7 Å². The number of hydrogen-bond donors (Lipinski definition) is 2. The predicted molar refractivity (Wildman–Crippen MR) is 95.9 cm³/mol. The third-order valence-electron chi connectivity index (χ3n) is 5.22. The minimum Gasteiger partial charge on any atom is -0.325 e. The summed E-state index contributed by atoms with van der Waals surface area (Å²) in [6.45, 7) is 4.78. The van der Waals surface area contributed by atoms with Gasteiger partial charge < -0.3 is 16.0 Å². The van der Waals surface area contributed by atoms with Crippen molar-refractivity contribution >= 4 is 23.2 Å². The summed E-state index contributed by atoms with van der Waals surface area (Å²) in [5.74, 6) is 0.402. The van der Waals surface area contributed by atoms with Gasteiger partial charge in [0, 0.05) is 23.8 Å². The van der Waals surface area contributed by atoms with Gasteiger partial charge in [-0.1, -0.05) is 26.3 Å². The number of hydrogen-bond acceptors (Lipinski definition) is 3. The molecule has 3 rings (SSSR count). The van der Waals surface area contributed by atoms with Crippen LogP contribution in [0, 0.1) is 11.8 Å². The van der Waals surface area contributed by atoms with Gasteiger partial charge in [0.2, 0.25) is 11.8 Å². The molecule has 1 saturated carbocycles. The largest absolute Gasteiger partial charge is 0.325 e. The monoisotopic (exact) mass is 329 g/mol. The van der Waals surface area contributed by atoms with Gasteiger partial charge in [-0.05, 0) is 49.3 Å². The number of benzene rings is 1. The summed E-state index contributed by atoms with van der Waals surface area (Å²) >= 11 is 0. The number of aryl methyl sites for hydroxylation is 1. The van der Waals surface area contributed by atoms with Crippen LogP contribution < -0.4 is 16.0 Å². The smallest absolute Gasteiger partial charge is 0.241 e. The number of anilines is 2. The van der Waals surface area contributed by atoms with Crippen LogP contribution in [0.4, 0.5) is 11.4 Å². The van der Waals surface area contributed by atoms with Crippen molar-refractivity contribution in [3.05, 3.63) is 23.8 Å². The maximum absolute atomic E-state index is 12.5. The van der Waals surface area contributed by atoms with Crippen LogP contribution in [0.25, 0.3) is 0 Å². The van der Waals surface area contributed by atoms with Gasteiger partial charge in [-0.25, -0.2) is 0 Å². The normalized spacial score (nSPS) is 19.4. The van der Waals surface area contributed by atoms with Crippen LogP contribution in [0.2, 0.25) is 0 Å². The molecule has 3 N–H and O–H groups in total. The summed E-state index contributed by atoms with van der Waals surface area (Å²) in [5, 5.41) is 2.91. The highest BCUT2D eigenvalue weighted by Crippen LogP contribution is 2.36. The van der Waals surface area contributed by atoms with E-state index in [4.69, 9.17) is 5.73 Å². The molecule has 0 aromatic heterocycles. The number of nitrogens with zero attached hydrogens (tertiary/aromatic N) is 1. The van der Waals surface area contributed by atoms with E-state index in [0.29, 0.717) is 5.69 Å². The molecule has 1 unspecified atom stereocenters. The van der Waals surface area contributed by atoms with E-state index in [1.165, 1.54) is 5.56 Å². The van der Waals surface area contributed by atoms with Crippen molar-refractivity contribution in [3.8, 4) is 0 Å². The molecule has 0 saturated heterocycles. The summed E-state index contributed by atoms with van der Waals surface area (Å²) in [6, 6.07) is 5.34. The minimum absolute atomic E-state index is 0.135. The molecule has 1 fully saturated rings. The second-order valence-corrected chi connectivity index (χ2v) is 7.11. The average Bonchev–Trinajstić information content (AvgIpc) is 3.44. The molecule has 2 aliphatic rings. The Bertz CT molecular complexity index is 639. The van der Waals surface area contributed by atoms with Crippen molar-refractivity contribution in [2.24, 2.45) is 17.6 Å². The van der Waals surface area contributed by atoms with Gasteiger partial charge in [-0.3, -0.25) is 9.59 Å². The quantitative estimate of drug-likeness (QED) is 0.872. The Kier molecular flexibility index (Phi) is 4.90. The van der Waals surface area contributed by atoms with Gasteiger partial charge in [-0.2, -0.15) is 0 Å². The number of rotatable bonds is 5. The zero-order valence-electron chi connectivity index (χ0n) is 14.5. The predicted octanol–water partition coefficient (Wildman–Crippen LogP) is 2.69. The lowest BCUT2D eigenvalue weighted by atomic mass is 9.98. The van der Waals surface area contributed by atoms with E-state index in [1.54, 1.807) is 0 Å². The Hall–Kier alpha value is -1.88. The number of amides is 2. The molecule has 130 valence electrons. The summed E-state index contributed by atoms with van der Waals surface area (Å²) in [4.78, 5) is 26.7. The maximum Gasteiger partial charge on any atom is 0.241 e. The zero-order chi connectivity index (χ0) is 17.3. The fourth-order valence-electron chi connectivity index (χ4n) is 3.17. The van der Waals surface area contributed by atoms with Crippen LogP contribution >= 0.6 is 0 Å². The molecule has 0 spiro atoms. The first kappa shape index (κ1) is 17.0. The van der Waals surface area contributed by atoms with Crippen molar-refractivity contribution in [1.29, 1.82) is 0 Å². The van der Waals surface area contributed by atoms with Gasteiger partial charge >= 0.3 is 0 Å². The first-order valence-electron chi connectivity index (χ1n) is 9.02. The zero-order valence-corrected chi connectivity index (χ0v) is 14.5. The summed E-state index contributed by atoms with van der Waals surface area (Å²) in [7, 11) is 0. The van der Waals surface area contributed by atoms with Crippen LogP contribution in [-0.4, -0.2) is 24.4 Å². The SMILES string of the molecule is CCC(C)[C@H](N)C(=O)Nc1ccc2c(c1)N(C(=O)C1CC1)CCC2. The molecule has 1 aliphatic heterocycles. The fraction of sp³-hybridized carbons (Fsp3) is 0.579. The van der Waals surface area contributed by atoms with E-state index < -0.39 is 6.04 Å². The van der Waals surface area contributed by atoms with Gasteiger partial charge in [0.15, 0.2) is 0 Å². The minimum atomic E-state index is -0.518. The van der Waals surface area contributed by atoms with Gasteiger partial charge in [0.1, 0.15) is 0 Å². The van der Waals surface area contributed by atoms with Crippen LogP contribution in [0.15, 0.2) is 18.2 Å². The first-order valence-corrected chi connectivity index (χ1v) is 9.02. The molecule has 2 amide bonds. The lowest BCUT2D eigenvalue weighted by molar-refractivity contribution is -0.120. The number of nitrogens with one attached hydrogen (secondary N) is 1. The Morgan fingerprint density at radius 1 is 1.38 bits per heavy atom. The maximum atomic E-state index is 12.5. The summed E-state index contributed by atoms with van der Waals surface area (Å²) in [5.41, 5.74) is 8.85. The Morgan fingerprint density at radius 3 is 2.79 bits per heavy atom. The van der Waals surface area contributed by atoms with Gasteiger partial charge in [0.25, 0.3) is 0 Å². The number of carbonyl (C=O) groups excluding carboxylic acids is 2. The second kappa shape index (κ2) is 6.93. The topological polar surface area (TPSA) is 75.4 Å². The van der Waals surface area contributed by atoms with E-state index in [9.17, 15) is 9.59 Å². The molecule has 0 radical (unpaired) electrons. The van der Waals surface area contributed by atoms with E-state index in [0.717, 1.165) is 44.3 Å². The van der Waals surface area contributed by atoms with Gasteiger partial charge in [0.05, 0.1) is 6.04 Å². The summed E-state index contributed by atoms with van der Waals surface area (Å²) < 4.78 is 0. The van der Waals surface area contributed by atoms with Crippen molar-refractivity contribution in [3.63, 3.8) is 0 Å². The van der Waals surface area contributed by atoms with Gasteiger partial charge in [-0.15, -0.1) is 0 Å². The van der Waals surface area contributed by atoms with E-state index in [1.807, 2.05) is 36.9 Å². The molecule has 2 atom stereocenters.